The molecule has 144 valence electrons. The van der Waals surface area contributed by atoms with Crippen molar-refractivity contribution in [2.24, 2.45) is 0 Å². The lowest BCUT2D eigenvalue weighted by molar-refractivity contribution is -0.140. The number of hydrogen-bond acceptors (Lipinski definition) is 5. The molecule has 3 aromatic rings. The summed E-state index contributed by atoms with van der Waals surface area (Å²) in [4.78, 5) is 19.4. The number of hydrogen-bond donors (Lipinski definition) is 2. The summed E-state index contributed by atoms with van der Waals surface area (Å²) in [6.45, 7) is 2.10. The summed E-state index contributed by atoms with van der Waals surface area (Å²) in [5.74, 6) is -0.306. The molecule has 2 N–H and O–H groups in total. The Morgan fingerprint density at radius 3 is 2.71 bits per heavy atom. The minimum atomic E-state index is -0.306. The van der Waals surface area contributed by atoms with E-state index in [0.29, 0.717) is 11.7 Å². The number of carbonyl (C=O) groups is 1. The third-order valence-corrected chi connectivity index (χ3v) is 4.53. The molecule has 0 saturated heterocycles. The first-order valence-corrected chi connectivity index (χ1v) is 9.44. The Bertz CT molecular complexity index is 944. The molecule has 0 aliphatic heterocycles. The third-order valence-electron chi connectivity index (χ3n) is 4.27. The van der Waals surface area contributed by atoms with E-state index in [0.717, 1.165) is 22.9 Å². The zero-order valence-corrected chi connectivity index (χ0v) is 16.4. The highest BCUT2D eigenvalue weighted by atomic mass is 32.1. The van der Waals surface area contributed by atoms with Gasteiger partial charge in [0.1, 0.15) is 6.61 Å². The zero-order chi connectivity index (χ0) is 19.8. The average molecular weight is 395 g/mol. The first-order chi connectivity index (χ1) is 13.6. The molecule has 2 heterocycles. The Kier molecular flexibility index (Phi) is 6.86. The van der Waals surface area contributed by atoms with Gasteiger partial charge in [0.15, 0.2) is 5.11 Å². The molecule has 0 radical (unpaired) electrons. The maximum atomic E-state index is 10.9. The van der Waals surface area contributed by atoms with Crippen molar-refractivity contribution in [1.29, 1.82) is 0 Å². The highest BCUT2D eigenvalue weighted by Gasteiger charge is 2.15. The Hall–Kier alpha value is -3.06. The molecule has 0 aliphatic carbocycles. The molecule has 0 fully saturated rings. The van der Waals surface area contributed by atoms with Crippen LogP contribution in [0.1, 0.15) is 24.1 Å². The smallest absolute Gasteiger partial charge is 0.302 e. The summed E-state index contributed by atoms with van der Waals surface area (Å²) in [7, 11) is 0. The van der Waals surface area contributed by atoms with Crippen molar-refractivity contribution >= 4 is 34.2 Å². The Morgan fingerprint density at radius 2 is 1.93 bits per heavy atom. The van der Waals surface area contributed by atoms with Crippen molar-refractivity contribution in [1.82, 2.24) is 20.6 Å². The number of nitrogens with zero attached hydrogens (tertiary/aromatic N) is 2. The van der Waals surface area contributed by atoms with Crippen LogP contribution in [0, 0.1) is 0 Å². The molecule has 0 saturated carbocycles. The number of carbonyl (C=O) groups excluding carboxylic acids is 1. The van der Waals surface area contributed by atoms with Crippen LogP contribution in [0.4, 0.5) is 0 Å². The number of rotatable bonds is 7. The van der Waals surface area contributed by atoms with E-state index in [-0.39, 0.29) is 18.6 Å². The lowest BCUT2D eigenvalue weighted by Gasteiger charge is -2.22. The lowest BCUT2D eigenvalue weighted by atomic mass is 9.97. The van der Waals surface area contributed by atoms with Gasteiger partial charge >= 0.3 is 5.97 Å². The molecular formula is C21H22N4O2S. The first-order valence-electron chi connectivity index (χ1n) is 9.04. The summed E-state index contributed by atoms with van der Waals surface area (Å²) < 4.78 is 4.92. The van der Waals surface area contributed by atoms with Crippen LogP contribution in [0.3, 0.4) is 0 Å². The van der Waals surface area contributed by atoms with Crippen LogP contribution in [0.2, 0.25) is 0 Å². The molecule has 1 unspecified atom stereocenters. The van der Waals surface area contributed by atoms with Crippen molar-refractivity contribution in [3.63, 3.8) is 0 Å². The van der Waals surface area contributed by atoms with Crippen LogP contribution >= 0.6 is 12.2 Å². The van der Waals surface area contributed by atoms with Gasteiger partial charge in [-0.1, -0.05) is 18.2 Å². The Balaban J connectivity index is 1.74. The summed E-state index contributed by atoms with van der Waals surface area (Å²) in [5, 5.41) is 8.07. The molecule has 3 rings (SSSR count). The van der Waals surface area contributed by atoms with Gasteiger partial charge in [0.05, 0.1) is 18.1 Å². The predicted octanol–water partition coefficient (Wildman–Crippen LogP) is 2.94. The largest absolute Gasteiger partial charge is 0.464 e. The summed E-state index contributed by atoms with van der Waals surface area (Å²) >= 11 is 5.43. The van der Waals surface area contributed by atoms with Gasteiger partial charge in [-0.3, -0.25) is 14.8 Å². The maximum Gasteiger partial charge on any atom is 0.302 e. The number of fused-ring (bicyclic) bond motifs is 1. The molecule has 0 spiro atoms. The van der Waals surface area contributed by atoms with Gasteiger partial charge < -0.3 is 15.4 Å². The van der Waals surface area contributed by atoms with Crippen molar-refractivity contribution in [3.05, 3.63) is 72.2 Å². The molecule has 0 amide bonds. The van der Waals surface area contributed by atoms with E-state index in [1.165, 1.54) is 12.5 Å². The van der Waals surface area contributed by atoms with E-state index in [1.54, 1.807) is 12.4 Å². The van der Waals surface area contributed by atoms with Crippen LogP contribution in [0.15, 0.2) is 61.1 Å². The van der Waals surface area contributed by atoms with Gasteiger partial charge in [-0.15, -0.1) is 0 Å². The molecule has 7 heteroatoms. The second-order valence-corrected chi connectivity index (χ2v) is 6.67. The van der Waals surface area contributed by atoms with E-state index in [4.69, 9.17) is 17.0 Å². The van der Waals surface area contributed by atoms with Gasteiger partial charge in [0.2, 0.25) is 0 Å². The fraction of sp³-hybridized carbons (Fsp3) is 0.238. The van der Waals surface area contributed by atoms with Gasteiger partial charge in [0.25, 0.3) is 0 Å². The van der Waals surface area contributed by atoms with Crippen molar-refractivity contribution < 1.29 is 9.53 Å². The van der Waals surface area contributed by atoms with E-state index >= 15 is 0 Å². The number of ether oxygens (including phenoxy) is 1. The van der Waals surface area contributed by atoms with E-state index in [2.05, 4.69) is 26.7 Å². The van der Waals surface area contributed by atoms with E-state index in [9.17, 15) is 4.79 Å². The van der Waals surface area contributed by atoms with Crippen molar-refractivity contribution in [2.75, 3.05) is 13.2 Å². The number of benzene rings is 1. The molecule has 0 bridgehead atoms. The summed E-state index contributed by atoms with van der Waals surface area (Å²) in [6.07, 6.45) is 6.10. The number of thiocarbonyl (C=S) groups is 1. The fourth-order valence-corrected chi connectivity index (χ4v) is 3.21. The van der Waals surface area contributed by atoms with Crippen LogP contribution in [0.25, 0.3) is 10.9 Å². The lowest BCUT2D eigenvalue weighted by Crippen LogP contribution is -2.40. The highest BCUT2D eigenvalue weighted by molar-refractivity contribution is 7.80. The monoisotopic (exact) mass is 394 g/mol. The second kappa shape index (κ2) is 9.75. The number of nitrogens with one attached hydrogen (secondary N) is 2. The molecule has 0 aliphatic rings. The van der Waals surface area contributed by atoms with Crippen LogP contribution in [-0.2, 0) is 16.0 Å². The third kappa shape index (κ3) is 5.47. The topological polar surface area (TPSA) is 76.1 Å². The standard InChI is InChI=1S/C21H22N4O2S/c1-15(26)27-13-12-24-21(28)25-20(16-6-9-22-10-7-16)14-17-8-11-23-19-5-3-2-4-18(17)19/h2-11,20H,12-14H2,1H3,(H2,24,25,28). The molecule has 1 atom stereocenters. The predicted molar refractivity (Wildman–Crippen MR) is 113 cm³/mol. The Morgan fingerprint density at radius 1 is 1.14 bits per heavy atom. The van der Waals surface area contributed by atoms with Gasteiger partial charge in [-0.05, 0) is 54.0 Å². The first kappa shape index (κ1) is 19.7. The molecule has 1 aromatic carbocycles. The fourth-order valence-electron chi connectivity index (χ4n) is 2.97. The van der Waals surface area contributed by atoms with Crippen LogP contribution in [-0.4, -0.2) is 34.2 Å². The molecule has 28 heavy (non-hydrogen) atoms. The normalized spacial score (nSPS) is 11.6. The summed E-state index contributed by atoms with van der Waals surface area (Å²) in [5.41, 5.74) is 3.23. The maximum absolute atomic E-state index is 10.9. The minimum absolute atomic E-state index is 0.0393. The minimum Gasteiger partial charge on any atom is -0.464 e. The van der Waals surface area contributed by atoms with Gasteiger partial charge in [-0.2, -0.15) is 0 Å². The van der Waals surface area contributed by atoms with Crippen LogP contribution < -0.4 is 10.6 Å². The molecular weight excluding hydrogens is 372 g/mol. The van der Waals surface area contributed by atoms with Crippen molar-refractivity contribution in [3.8, 4) is 0 Å². The highest BCUT2D eigenvalue weighted by Crippen LogP contribution is 2.23. The SMILES string of the molecule is CC(=O)OCCNC(=S)NC(Cc1ccnc2ccccc12)c1ccncc1. The van der Waals surface area contributed by atoms with Gasteiger partial charge in [0, 0.05) is 30.9 Å². The van der Waals surface area contributed by atoms with Crippen LogP contribution in [0.5, 0.6) is 0 Å². The van der Waals surface area contributed by atoms with E-state index in [1.807, 2.05) is 42.6 Å². The Labute approximate surface area is 169 Å². The number of pyridine rings is 2. The summed E-state index contributed by atoms with van der Waals surface area (Å²) in [6, 6.07) is 14.0. The molecule has 2 aromatic heterocycles. The number of esters is 1. The number of para-hydroxylation sites is 1. The van der Waals surface area contributed by atoms with E-state index < -0.39 is 0 Å². The quantitative estimate of drug-likeness (QED) is 0.362. The van der Waals surface area contributed by atoms with Gasteiger partial charge in [-0.25, -0.2) is 0 Å². The second-order valence-electron chi connectivity index (χ2n) is 6.26. The molecule has 6 nitrogen and oxygen atoms in total. The zero-order valence-electron chi connectivity index (χ0n) is 15.6. The average Bonchev–Trinajstić information content (AvgIpc) is 2.71. The van der Waals surface area contributed by atoms with Crippen molar-refractivity contribution in [2.45, 2.75) is 19.4 Å². The number of aromatic nitrogens is 2.